The Morgan fingerprint density at radius 3 is 2.72 bits per heavy atom. The van der Waals surface area contributed by atoms with Crippen LogP contribution in [0.1, 0.15) is 47.4 Å². The minimum atomic E-state index is -0.637. The van der Waals surface area contributed by atoms with Gasteiger partial charge in [0.25, 0.3) is 5.91 Å². The molecule has 0 bridgehead atoms. The third kappa shape index (κ3) is 3.48. The molecule has 1 amide bonds. The number of hydrogen-bond donors (Lipinski definition) is 1. The monoisotopic (exact) mass is 346 g/mol. The van der Waals surface area contributed by atoms with Gasteiger partial charge in [-0.05, 0) is 38.5 Å². The van der Waals surface area contributed by atoms with Crippen LogP contribution in [0.15, 0.2) is 0 Å². The van der Waals surface area contributed by atoms with Crippen molar-refractivity contribution in [3.8, 4) is 0 Å². The third-order valence-electron chi connectivity index (χ3n) is 5.30. The lowest BCUT2D eigenvalue weighted by Gasteiger charge is -2.26. The van der Waals surface area contributed by atoms with Gasteiger partial charge in [0.15, 0.2) is 0 Å². The second-order valence-corrected chi connectivity index (χ2v) is 7.18. The molecule has 2 saturated heterocycles. The van der Waals surface area contributed by atoms with Crippen LogP contribution in [0.5, 0.6) is 0 Å². The second kappa shape index (κ2) is 7.25. The molecular formula is C18H26N4O3. The minimum absolute atomic E-state index is 0.0921. The van der Waals surface area contributed by atoms with Gasteiger partial charge in [0, 0.05) is 37.4 Å². The Labute approximate surface area is 148 Å². The largest absolute Gasteiger partial charge is 0.389 e. The van der Waals surface area contributed by atoms with Crippen molar-refractivity contribution >= 4 is 11.9 Å². The van der Waals surface area contributed by atoms with Crippen LogP contribution in [0.3, 0.4) is 0 Å². The maximum Gasteiger partial charge on any atom is 0.273 e. The molecule has 25 heavy (non-hydrogen) atoms. The summed E-state index contributed by atoms with van der Waals surface area (Å²) in [6.45, 7) is 3.45. The van der Waals surface area contributed by atoms with E-state index < -0.39 is 6.10 Å². The molecule has 7 nitrogen and oxygen atoms in total. The fourth-order valence-corrected chi connectivity index (χ4v) is 3.94. The van der Waals surface area contributed by atoms with Gasteiger partial charge in [0.2, 0.25) is 5.95 Å². The first-order valence-corrected chi connectivity index (χ1v) is 9.42. The first-order chi connectivity index (χ1) is 12.2. The van der Waals surface area contributed by atoms with Gasteiger partial charge in [-0.25, -0.2) is 9.97 Å². The molecule has 4 rings (SSSR count). The van der Waals surface area contributed by atoms with E-state index in [1.807, 2.05) is 0 Å². The molecular weight excluding hydrogens is 320 g/mol. The van der Waals surface area contributed by atoms with E-state index in [1.54, 1.807) is 4.90 Å². The van der Waals surface area contributed by atoms with Gasteiger partial charge < -0.3 is 19.6 Å². The number of amides is 1. The number of carbonyl (C=O) groups excluding carboxylic acids is 1. The van der Waals surface area contributed by atoms with E-state index in [2.05, 4.69) is 4.90 Å². The van der Waals surface area contributed by atoms with Gasteiger partial charge in [-0.2, -0.15) is 0 Å². The van der Waals surface area contributed by atoms with Gasteiger partial charge in [-0.1, -0.05) is 0 Å². The zero-order chi connectivity index (χ0) is 17.2. The number of aryl methyl sites for hydroxylation is 1. The van der Waals surface area contributed by atoms with Crippen LogP contribution >= 0.6 is 0 Å². The van der Waals surface area contributed by atoms with Gasteiger partial charge in [-0.15, -0.1) is 0 Å². The number of β-amino-alcohol motifs (C(OH)–C–C–N with tert-alkyl or cyclic N) is 1. The lowest BCUT2D eigenvalue weighted by molar-refractivity contribution is 0.0532. The van der Waals surface area contributed by atoms with E-state index >= 15 is 0 Å². The number of carbonyl (C=O) groups is 1. The molecule has 1 aliphatic carbocycles. The highest BCUT2D eigenvalue weighted by Crippen LogP contribution is 2.27. The topological polar surface area (TPSA) is 78.8 Å². The summed E-state index contributed by atoms with van der Waals surface area (Å²) < 4.78 is 5.36. The Bertz CT molecular complexity index is 645. The van der Waals surface area contributed by atoms with Gasteiger partial charge in [-0.3, -0.25) is 4.79 Å². The number of aliphatic hydroxyl groups is 1. The van der Waals surface area contributed by atoms with Crippen molar-refractivity contribution in [1.29, 1.82) is 0 Å². The molecule has 2 aliphatic heterocycles. The van der Waals surface area contributed by atoms with Crippen LogP contribution in [-0.4, -0.2) is 71.4 Å². The molecule has 1 aromatic rings. The lowest BCUT2D eigenvalue weighted by Crippen LogP contribution is -2.39. The summed E-state index contributed by atoms with van der Waals surface area (Å²) in [6, 6.07) is 0. The van der Waals surface area contributed by atoms with Crippen LogP contribution < -0.4 is 4.90 Å². The van der Waals surface area contributed by atoms with Crippen molar-refractivity contribution in [1.82, 2.24) is 14.9 Å². The van der Waals surface area contributed by atoms with Crippen molar-refractivity contribution < 1.29 is 14.6 Å². The number of nitrogens with zero attached hydrogens (tertiary/aromatic N) is 4. The highest BCUT2D eigenvalue weighted by molar-refractivity contribution is 5.94. The molecule has 3 aliphatic rings. The summed E-state index contributed by atoms with van der Waals surface area (Å²) in [7, 11) is 0. The molecule has 7 heteroatoms. The van der Waals surface area contributed by atoms with E-state index in [9.17, 15) is 9.90 Å². The predicted molar refractivity (Wildman–Crippen MR) is 92.9 cm³/mol. The fraction of sp³-hybridized carbons (Fsp3) is 0.722. The Balaban J connectivity index is 1.68. The van der Waals surface area contributed by atoms with E-state index in [-0.39, 0.29) is 12.5 Å². The number of aliphatic hydroxyl groups excluding tert-OH is 1. The summed E-state index contributed by atoms with van der Waals surface area (Å²) in [5.74, 6) is 0.610. The predicted octanol–water partition coefficient (Wildman–Crippen LogP) is 0.789. The zero-order valence-corrected chi connectivity index (χ0v) is 14.6. The molecule has 2 fully saturated rings. The van der Waals surface area contributed by atoms with Crippen LogP contribution in [-0.2, 0) is 17.6 Å². The van der Waals surface area contributed by atoms with Crippen molar-refractivity contribution in [3.05, 3.63) is 17.0 Å². The molecule has 1 N–H and O–H groups in total. The maximum absolute atomic E-state index is 13.2. The number of aromatic nitrogens is 2. The van der Waals surface area contributed by atoms with E-state index in [0.29, 0.717) is 31.3 Å². The van der Waals surface area contributed by atoms with Crippen molar-refractivity contribution in [3.63, 3.8) is 0 Å². The minimum Gasteiger partial charge on any atom is -0.389 e. The molecule has 0 aromatic carbocycles. The van der Waals surface area contributed by atoms with E-state index in [1.165, 1.54) is 0 Å². The molecule has 0 saturated carbocycles. The first-order valence-electron chi connectivity index (χ1n) is 9.42. The number of hydrogen-bond acceptors (Lipinski definition) is 6. The summed E-state index contributed by atoms with van der Waals surface area (Å²) in [4.78, 5) is 26.5. The SMILES string of the molecule is O=C(c1nc(N2CCCC2)nc2c1CCCC2)N1CCOCC(O)C1. The zero-order valence-electron chi connectivity index (χ0n) is 14.6. The Morgan fingerprint density at radius 2 is 1.88 bits per heavy atom. The summed E-state index contributed by atoms with van der Waals surface area (Å²) in [6.07, 6.45) is 5.65. The van der Waals surface area contributed by atoms with Crippen molar-refractivity contribution in [2.45, 2.75) is 44.6 Å². The number of anilines is 1. The highest BCUT2D eigenvalue weighted by atomic mass is 16.5. The first kappa shape index (κ1) is 16.7. The quantitative estimate of drug-likeness (QED) is 0.853. The summed E-state index contributed by atoms with van der Waals surface area (Å²) in [5.41, 5.74) is 2.60. The Kier molecular flexibility index (Phi) is 4.85. The maximum atomic E-state index is 13.2. The molecule has 1 unspecified atom stereocenters. The molecule has 1 atom stereocenters. The number of rotatable bonds is 2. The molecule has 3 heterocycles. The van der Waals surface area contributed by atoms with Gasteiger partial charge >= 0.3 is 0 Å². The van der Waals surface area contributed by atoms with Crippen LogP contribution in [0.2, 0.25) is 0 Å². The van der Waals surface area contributed by atoms with Crippen LogP contribution in [0.25, 0.3) is 0 Å². The van der Waals surface area contributed by atoms with Gasteiger partial charge in [0.1, 0.15) is 5.69 Å². The molecule has 0 spiro atoms. The van der Waals surface area contributed by atoms with Crippen molar-refractivity contribution in [2.75, 3.05) is 44.3 Å². The average molecular weight is 346 g/mol. The number of ether oxygens (including phenoxy) is 1. The van der Waals surface area contributed by atoms with Crippen LogP contribution in [0, 0.1) is 0 Å². The fourth-order valence-electron chi connectivity index (χ4n) is 3.94. The number of fused-ring (bicyclic) bond motifs is 1. The lowest BCUT2D eigenvalue weighted by atomic mass is 9.94. The van der Waals surface area contributed by atoms with E-state index in [4.69, 9.17) is 14.7 Å². The normalized spacial score (nSPS) is 24.1. The second-order valence-electron chi connectivity index (χ2n) is 7.18. The molecule has 1 aromatic heterocycles. The molecule has 0 radical (unpaired) electrons. The Hall–Kier alpha value is -1.73. The van der Waals surface area contributed by atoms with Gasteiger partial charge in [0.05, 0.1) is 19.3 Å². The average Bonchev–Trinajstić information content (AvgIpc) is 3.09. The van der Waals surface area contributed by atoms with E-state index in [0.717, 1.165) is 62.9 Å². The third-order valence-corrected chi connectivity index (χ3v) is 5.30. The van der Waals surface area contributed by atoms with Crippen molar-refractivity contribution in [2.24, 2.45) is 0 Å². The standard InChI is InChI=1S/C18H26N4O3/c23-13-11-22(9-10-25-12-13)17(24)16-14-5-1-2-6-15(14)19-18(20-16)21-7-3-4-8-21/h13,23H,1-12H2. The summed E-state index contributed by atoms with van der Waals surface area (Å²) in [5, 5.41) is 9.96. The van der Waals surface area contributed by atoms with Crippen LogP contribution in [0.4, 0.5) is 5.95 Å². The smallest absolute Gasteiger partial charge is 0.273 e. The highest BCUT2D eigenvalue weighted by Gasteiger charge is 2.29. The molecule has 136 valence electrons. The Morgan fingerprint density at radius 1 is 1.08 bits per heavy atom. The summed E-state index contributed by atoms with van der Waals surface area (Å²) >= 11 is 0.